The highest BCUT2D eigenvalue weighted by atomic mass is 16.5. The minimum absolute atomic E-state index is 0.0162. The molecule has 4 heteroatoms. The molecule has 1 rings (SSSR count). The lowest BCUT2D eigenvalue weighted by Gasteiger charge is -2.42. The predicted molar refractivity (Wildman–Crippen MR) is 71.1 cm³/mol. The Hall–Kier alpha value is -1.13. The molecule has 0 unspecified atom stereocenters. The molecular formula is C14H23NO3. The van der Waals surface area contributed by atoms with E-state index >= 15 is 0 Å². The highest BCUT2D eigenvalue weighted by Crippen LogP contribution is 2.31. The summed E-state index contributed by atoms with van der Waals surface area (Å²) in [4.78, 5) is 11.3. The summed E-state index contributed by atoms with van der Waals surface area (Å²) in [7, 11) is 0. The van der Waals surface area contributed by atoms with E-state index in [4.69, 9.17) is 4.74 Å². The number of amides is 1. The first-order valence-corrected chi connectivity index (χ1v) is 6.24. The molecule has 2 N–H and O–H groups in total. The fraction of sp³-hybridized carbons (Fsp3) is 0.643. The van der Waals surface area contributed by atoms with E-state index in [0.717, 1.165) is 5.57 Å². The molecule has 1 aliphatic rings. The number of nitrogens with one attached hydrogen (secondary N) is 1. The molecule has 1 aliphatic carbocycles. The molecule has 3 atom stereocenters. The summed E-state index contributed by atoms with van der Waals surface area (Å²) in [6.45, 7) is 10.9. The molecule has 0 saturated carbocycles. The molecule has 0 aromatic rings. The summed E-state index contributed by atoms with van der Waals surface area (Å²) in [5, 5.41) is 13.4. The van der Waals surface area contributed by atoms with Gasteiger partial charge in [0.1, 0.15) is 5.60 Å². The first-order chi connectivity index (χ1) is 8.28. The Morgan fingerprint density at radius 1 is 1.72 bits per heavy atom. The van der Waals surface area contributed by atoms with Gasteiger partial charge in [-0.1, -0.05) is 17.7 Å². The predicted octanol–water partition coefficient (Wildman–Crippen LogP) is 1.55. The third kappa shape index (κ3) is 3.43. The van der Waals surface area contributed by atoms with Gasteiger partial charge in [-0.15, -0.1) is 6.58 Å². The zero-order chi connectivity index (χ0) is 13.9. The normalized spacial score (nSPS) is 32.0. The fourth-order valence-corrected chi connectivity index (χ4v) is 2.33. The number of hydrogen-bond acceptors (Lipinski definition) is 3. The van der Waals surface area contributed by atoms with Crippen LogP contribution in [0.2, 0.25) is 0 Å². The molecule has 0 aromatic carbocycles. The molecule has 0 saturated heterocycles. The Labute approximate surface area is 109 Å². The quantitative estimate of drug-likeness (QED) is 0.747. The topological polar surface area (TPSA) is 58.6 Å². The van der Waals surface area contributed by atoms with E-state index in [9.17, 15) is 9.90 Å². The van der Waals surface area contributed by atoms with Crippen LogP contribution in [-0.4, -0.2) is 34.9 Å². The third-order valence-electron chi connectivity index (χ3n) is 3.02. The van der Waals surface area contributed by atoms with E-state index in [2.05, 4.69) is 11.9 Å². The summed E-state index contributed by atoms with van der Waals surface area (Å²) in [5.41, 5.74) is -0.131. The molecule has 0 aromatic heterocycles. The van der Waals surface area contributed by atoms with Crippen LogP contribution in [0.5, 0.6) is 0 Å². The lowest BCUT2D eigenvalue weighted by atomic mass is 9.79. The van der Waals surface area contributed by atoms with Crippen molar-refractivity contribution in [2.45, 2.75) is 58.0 Å². The van der Waals surface area contributed by atoms with Gasteiger partial charge in [0.15, 0.2) is 0 Å². The Morgan fingerprint density at radius 2 is 2.33 bits per heavy atom. The fourth-order valence-electron chi connectivity index (χ4n) is 2.33. The van der Waals surface area contributed by atoms with Crippen molar-refractivity contribution in [3.8, 4) is 0 Å². The van der Waals surface area contributed by atoms with E-state index < -0.39 is 11.6 Å². The standard InChI is InChI=1S/C14H23NO3/c1-6-14(17)8-10(4)7-12(18-9(2)3)13(14)15-11(5)16/h6-7,9,12-13,17H,1,8H2,2-5H3,(H,15,16)/t12-,13+,14-/m1/s1. The Kier molecular flexibility index (Phi) is 4.71. The summed E-state index contributed by atoms with van der Waals surface area (Å²) in [5.74, 6) is -0.189. The van der Waals surface area contributed by atoms with Gasteiger partial charge in [0, 0.05) is 13.3 Å². The van der Waals surface area contributed by atoms with Crippen molar-refractivity contribution < 1.29 is 14.6 Å². The van der Waals surface area contributed by atoms with E-state index in [-0.39, 0.29) is 18.1 Å². The van der Waals surface area contributed by atoms with E-state index in [0.29, 0.717) is 6.42 Å². The average Bonchev–Trinajstić information content (AvgIpc) is 2.22. The Balaban J connectivity index is 3.05. The van der Waals surface area contributed by atoms with Crippen LogP contribution in [0.4, 0.5) is 0 Å². The molecule has 0 fully saturated rings. The van der Waals surface area contributed by atoms with Gasteiger partial charge in [-0.2, -0.15) is 0 Å². The smallest absolute Gasteiger partial charge is 0.217 e. The van der Waals surface area contributed by atoms with Crippen LogP contribution in [0, 0.1) is 0 Å². The highest BCUT2D eigenvalue weighted by molar-refractivity contribution is 5.73. The average molecular weight is 253 g/mol. The maximum atomic E-state index is 11.3. The Morgan fingerprint density at radius 3 is 2.78 bits per heavy atom. The highest BCUT2D eigenvalue weighted by Gasteiger charge is 2.43. The van der Waals surface area contributed by atoms with Crippen molar-refractivity contribution >= 4 is 5.91 Å². The van der Waals surface area contributed by atoms with Crippen LogP contribution < -0.4 is 5.32 Å². The second kappa shape index (κ2) is 5.67. The molecule has 0 bridgehead atoms. The van der Waals surface area contributed by atoms with Gasteiger partial charge in [-0.05, 0) is 20.8 Å². The third-order valence-corrected chi connectivity index (χ3v) is 3.02. The number of rotatable bonds is 4. The zero-order valence-electron chi connectivity index (χ0n) is 11.6. The number of carbonyl (C=O) groups excluding carboxylic acids is 1. The summed E-state index contributed by atoms with van der Waals surface area (Å²) >= 11 is 0. The van der Waals surface area contributed by atoms with Crippen LogP contribution in [-0.2, 0) is 9.53 Å². The minimum atomic E-state index is -1.16. The first-order valence-electron chi connectivity index (χ1n) is 6.24. The minimum Gasteiger partial charge on any atom is -0.383 e. The van der Waals surface area contributed by atoms with Crippen molar-refractivity contribution in [2.24, 2.45) is 0 Å². The van der Waals surface area contributed by atoms with Gasteiger partial charge in [0.2, 0.25) is 5.91 Å². The van der Waals surface area contributed by atoms with Gasteiger partial charge >= 0.3 is 0 Å². The van der Waals surface area contributed by atoms with E-state index in [1.807, 2.05) is 26.8 Å². The van der Waals surface area contributed by atoms with E-state index in [1.165, 1.54) is 13.0 Å². The molecule has 18 heavy (non-hydrogen) atoms. The molecule has 102 valence electrons. The van der Waals surface area contributed by atoms with Crippen molar-refractivity contribution in [3.05, 3.63) is 24.3 Å². The van der Waals surface area contributed by atoms with Crippen molar-refractivity contribution in [1.29, 1.82) is 0 Å². The molecule has 0 spiro atoms. The number of ether oxygens (including phenoxy) is 1. The van der Waals surface area contributed by atoms with Crippen LogP contribution in [0.3, 0.4) is 0 Å². The van der Waals surface area contributed by atoms with Crippen LogP contribution in [0.15, 0.2) is 24.3 Å². The summed E-state index contributed by atoms with van der Waals surface area (Å²) < 4.78 is 5.77. The largest absolute Gasteiger partial charge is 0.383 e. The van der Waals surface area contributed by atoms with Gasteiger partial charge in [-0.3, -0.25) is 4.79 Å². The van der Waals surface area contributed by atoms with Crippen LogP contribution >= 0.6 is 0 Å². The molecule has 0 heterocycles. The van der Waals surface area contributed by atoms with Crippen molar-refractivity contribution in [3.63, 3.8) is 0 Å². The van der Waals surface area contributed by atoms with Gasteiger partial charge in [0.05, 0.1) is 18.2 Å². The zero-order valence-corrected chi connectivity index (χ0v) is 11.6. The molecular weight excluding hydrogens is 230 g/mol. The van der Waals surface area contributed by atoms with Crippen molar-refractivity contribution in [2.75, 3.05) is 0 Å². The van der Waals surface area contributed by atoms with Crippen LogP contribution in [0.1, 0.15) is 34.1 Å². The summed E-state index contributed by atoms with van der Waals surface area (Å²) in [6, 6.07) is -0.501. The van der Waals surface area contributed by atoms with Crippen molar-refractivity contribution in [1.82, 2.24) is 5.32 Å². The Bertz CT molecular complexity index is 362. The monoisotopic (exact) mass is 253 g/mol. The molecule has 0 radical (unpaired) electrons. The SMILES string of the molecule is C=C[C@@]1(O)CC(C)=C[C@@H](OC(C)C)[C@@H]1NC(C)=O. The lowest BCUT2D eigenvalue weighted by Crippen LogP contribution is -2.59. The van der Waals surface area contributed by atoms with Crippen LogP contribution in [0.25, 0.3) is 0 Å². The number of hydrogen-bond donors (Lipinski definition) is 2. The molecule has 1 amide bonds. The lowest BCUT2D eigenvalue weighted by molar-refractivity contribution is -0.125. The second-order valence-electron chi connectivity index (χ2n) is 5.21. The second-order valence-corrected chi connectivity index (χ2v) is 5.21. The molecule has 0 aliphatic heterocycles. The number of aliphatic hydroxyl groups is 1. The van der Waals surface area contributed by atoms with E-state index in [1.54, 1.807) is 0 Å². The maximum Gasteiger partial charge on any atom is 0.217 e. The van der Waals surface area contributed by atoms with Gasteiger partial charge in [0.25, 0.3) is 0 Å². The van der Waals surface area contributed by atoms with Gasteiger partial charge < -0.3 is 15.2 Å². The van der Waals surface area contributed by atoms with Gasteiger partial charge in [-0.25, -0.2) is 0 Å². The first kappa shape index (κ1) is 14.9. The maximum absolute atomic E-state index is 11.3. The molecule has 4 nitrogen and oxygen atoms in total. The number of carbonyl (C=O) groups is 1. The summed E-state index contributed by atoms with van der Waals surface area (Å²) in [6.07, 6.45) is 3.58.